The summed E-state index contributed by atoms with van der Waals surface area (Å²) in [5, 5.41) is 40.8. The number of oxime groups is 1. The lowest BCUT2D eigenvalue weighted by molar-refractivity contribution is -0.192. The third kappa shape index (κ3) is 12.3. The van der Waals surface area contributed by atoms with Crippen LogP contribution in [0.2, 0.25) is 0 Å². The zero-order chi connectivity index (χ0) is 58.4. The van der Waals surface area contributed by atoms with Crippen molar-refractivity contribution in [2.45, 2.75) is 47.8 Å². The van der Waals surface area contributed by atoms with Gasteiger partial charge in [0.25, 0.3) is 23.4 Å². The van der Waals surface area contributed by atoms with Crippen LogP contribution >= 0.6 is 34.9 Å². The molecule has 1 aliphatic carbocycles. The maximum absolute atomic E-state index is 14.6. The van der Waals surface area contributed by atoms with Crippen LogP contribution < -0.4 is 37.7 Å². The number of benzene rings is 1. The predicted octanol–water partition coefficient (Wildman–Crippen LogP) is 1.15. The fraction of sp³-hybridized carbons (Fsp3) is 0.367. The molecule has 0 unspecified atom stereocenters. The van der Waals surface area contributed by atoms with Crippen LogP contribution in [-0.4, -0.2) is 177 Å². The number of pyridine rings is 1. The Morgan fingerprint density at radius 2 is 1.54 bits per heavy atom. The Hall–Kier alpha value is -8.46. The molecule has 430 valence electrons. The Kier molecular flexibility index (Phi) is 18.0. The highest BCUT2D eigenvalue weighted by molar-refractivity contribution is 8.00. The normalized spacial score (nSPS) is 21.1. The van der Waals surface area contributed by atoms with Gasteiger partial charge in [-0.25, -0.2) is 28.4 Å². The molecule has 4 atom stereocenters. The monoisotopic (exact) mass is 1180 g/mol. The molecule has 3 saturated heterocycles. The van der Waals surface area contributed by atoms with Crippen molar-refractivity contribution in [3.8, 4) is 0 Å². The summed E-state index contributed by atoms with van der Waals surface area (Å²) in [5.74, 6) is -6.45. The third-order valence-electron chi connectivity index (χ3n) is 13.1. The van der Waals surface area contributed by atoms with Crippen LogP contribution in [-0.2, 0) is 54.2 Å². The van der Waals surface area contributed by atoms with Crippen molar-refractivity contribution in [1.29, 1.82) is 0 Å². The van der Waals surface area contributed by atoms with Crippen molar-refractivity contribution in [2.75, 3.05) is 70.0 Å². The van der Waals surface area contributed by atoms with Gasteiger partial charge in [-0.3, -0.25) is 33.8 Å². The second-order valence-corrected chi connectivity index (χ2v) is 21.4. The largest absolute Gasteiger partial charge is 0.477 e. The summed E-state index contributed by atoms with van der Waals surface area (Å²) in [6.45, 7) is 2.27. The molecule has 81 heavy (non-hydrogen) atoms. The highest BCUT2D eigenvalue weighted by atomic mass is 32.2. The lowest BCUT2D eigenvalue weighted by atomic mass is 9.98. The van der Waals surface area contributed by atoms with Gasteiger partial charge in [-0.1, -0.05) is 11.2 Å². The fourth-order valence-corrected chi connectivity index (χ4v) is 12.7. The SMILES string of the molecule is CO/N=C(/C(=O)N[C@@H]1C(=O)N2C(C(=O)O)=C(COC(N)=O)CS[C@H]12)c1ccco1.CO[C@@]1(NC(=O)Cc2cccs2)C(=O)N2C(C(=O)O)=C(COC(N)=O)CS[C@@H]21.O=C(O)c1cn(C2CC2)c2cc(N3CCNCC3)c(F)cc2c1=O. The van der Waals surface area contributed by atoms with E-state index in [1.54, 1.807) is 18.2 Å². The number of furan rings is 1. The van der Waals surface area contributed by atoms with Crippen LogP contribution in [0.1, 0.15) is 39.9 Å². The topological polar surface area (TPSA) is 397 Å². The number of carbonyl (C=O) groups excluding carboxylic acids is 6. The number of methoxy groups -OCH3 is 1. The molecule has 0 radical (unpaired) electrons. The van der Waals surface area contributed by atoms with Crippen LogP contribution in [0, 0.1) is 5.82 Å². The first-order valence-electron chi connectivity index (χ1n) is 24.3. The summed E-state index contributed by atoms with van der Waals surface area (Å²) in [7, 11) is 2.53. The highest BCUT2D eigenvalue weighted by Gasteiger charge is 2.66. The van der Waals surface area contributed by atoms with Crippen molar-refractivity contribution < 1.29 is 86.3 Å². The number of ether oxygens (including phenoxy) is 3. The Morgan fingerprint density at radius 3 is 2.10 bits per heavy atom. The first-order valence-corrected chi connectivity index (χ1v) is 27.3. The molecule has 0 spiro atoms. The van der Waals surface area contributed by atoms with E-state index < -0.39 is 87.5 Å². The number of nitrogens with one attached hydrogen (secondary N) is 3. The second-order valence-electron chi connectivity index (χ2n) is 18.1. The molecule has 4 aromatic rings. The van der Waals surface area contributed by atoms with E-state index in [1.807, 2.05) is 20.9 Å². The molecule has 5 aliphatic heterocycles. The molecule has 3 aromatic heterocycles. The molecule has 1 aromatic carbocycles. The van der Waals surface area contributed by atoms with Crippen LogP contribution in [0.25, 0.3) is 10.9 Å². The first kappa shape index (κ1) is 58.7. The molecule has 6 amide bonds. The van der Waals surface area contributed by atoms with Crippen molar-refractivity contribution in [1.82, 2.24) is 30.3 Å². The summed E-state index contributed by atoms with van der Waals surface area (Å²) in [5.41, 5.74) is 8.04. The molecule has 0 bridgehead atoms. The van der Waals surface area contributed by atoms with Gasteiger partial charge in [0.1, 0.15) is 59.9 Å². The van der Waals surface area contributed by atoms with Gasteiger partial charge in [-0.05, 0) is 48.6 Å². The average molecular weight is 1180 g/mol. The van der Waals surface area contributed by atoms with Crippen LogP contribution in [0.4, 0.5) is 19.7 Å². The Bertz CT molecular complexity index is 3340. The number of carboxylic acid groups (broad SMARTS) is 3. The molecule has 10 N–H and O–H groups in total. The number of fused-ring (bicyclic) bond motifs is 3. The van der Waals surface area contributed by atoms with Gasteiger partial charge >= 0.3 is 30.1 Å². The van der Waals surface area contributed by atoms with Crippen LogP contribution in [0.5, 0.6) is 0 Å². The number of nitrogens with zero attached hydrogens (tertiary/aromatic N) is 5. The van der Waals surface area contributed by atoms with Gasteiger partial charge in [0.15, 0.2) is 5.76 Å². The van der Waals surface area contributed by atoms with Crippen molar-refractivity contribution in [2.24, 2.45) is 16.6 Å². The van der Waals surface area contributed by atoms with Crippen molar-refractivity contribution in [3.63, 3.8) is 0 Å². The molecule has 28 nitrogen and oxygen atoms in total. The molecule has 10 rings (SSSR count). The predicted molar refractivity (Wildman–Crippen MR) is 285 cm³/mol. The molecular formula is C49H51FN10O18S3. The zero-order valence-corrected chi connectivity index (χ0v) is 45.2. The van der Waals surface area contributed by atoms with Gasteiger partial charge in [0.2, 0.25) is 17.0 Å². The lowest BCUT2D eigenvalue weighted by Crippen LogP contribution is -2.80. The number of aliphatic carboxylic acids is 2. The van der Waals surface area contributed by atoms with Gasteiger partial charge in [-0.2, -0.15) is 0 Å². The van der Waals surface area contributed by atoms with Gasteiger partial charge < -0.3 is 75.7 Å². The van der Waals surface area contributed by atoms with E-state index in [9.17, 15) is 67.7 Å². The maximum Gasteiger partial charge on any atom is 0.404 e. The standard InChI is InChI=1S/C17H18FN3O3.C16H16N4O8S.C16H17N3O7S2/c18-13-7-11-14(8-15(13)20-5-3-19-4-6-20)21(10-1-2-10)9-12(16(11)22)17(23)24;1-26-19-9(8-3-2-4-27-8)12(21)18-10-13(22)20-11(15(23)24)7(5-28-16(17)25)6-29-14(10)20;1-25-16(18-10(20)5-9-3-2-4-27-9)13(23)19-11(12(21)22)8(6-26-15(17)24)7-28-14(16)19/h7-10,19H,1-6H2,(H,23,24);2-4,10,14H,5-6H2,1H3,(H2,17,25)(H,18,21)(H,23,24);2-4,14H,5-7H2,1H3,(H2,17,24)(H,18,20)(H,21,22)/b;19-9+;/t;10-,14-;14-,16+/m.11/s1. The van der Waals surface area contributed by atoms with E-state index in [-0.39, 0.29) is 82.1 Å². The number of aromatic nitrogens is 1. The number of hydrogen-bond acceptors (Lipinski definition) is 21. The zero-order valence-electron chi connectivity index (χ0n) is 42.7. The van der Waals surface area contributed by atoms with Gasteiger partial charge in [0, 0.05) is 78.4 Å². The van der Waals surface area contributed by atoms with E-state index in [4.69, 9.17) is 20.6 Å². The number of anilines is 1. The number of carboxylic acids is 3. The van der Waals surface area contributed by atoms with Crippen LogP contribution in [0.3, 0.4) is 0 Å². The number of primary amides is 2. The van der Waals surface area contributed by atoms with E-state index in [0.29, 0.717) is 24.3 Å². The first-order chi connectivity index (χ1) is 38.7. The Morgan fingerprint density at radius 1 is 0.889 bits per heavy atom. The summed E-state index contributed by atoms with van der Waals surface area (Å²) >= 11 is 3.81. The summed E-state index contributed by atoms with van der Waals surface area (Å²) < 4.78 is 36.2. The Labute approximate surface area is 469 Å². The van der Waals surface area contributed by atoms with Crippen molar-refractivity contribution >= 4 is 111 Å². The van der Waals surface area contributed by atoms with Gasteiger partial charge in [-0.15, -0.1) is 34.9 Å². The third-order valence-corrected chi connectivity index (χ3v) is 16.7. The number of carbonyl (C=O) groups is 9. The van der Waals surface area contributed by atoms with Crippen molar-refractivity contribution in [3.05, 3.63) is 109 Å². The number of amides is 6. The quantitative estimate of drug-likeness (QED) is 0.0318. The van der Waals surface area contributed by atoms with Crippen LogP contribution in [0.15, 0.2) is 91.1 Å². The van der Waals surface area contributed by atoms with E-state index in [2.05, 4.69) is 35.4 Å². The number of hydrogen-bond donors (Lipinski definition) is 8. The number of β-lactam (4-membered cyclic amide) rings is 2. The number of thiophene rings is 1. The second kappa shape index (κ2) is 24.9. The number of rotatable bonds is 17. The average Bonchev–Trinajstić information content (AvgIpc) is 2.20. The van der Waals surface area contributed by atoms with E-state index >= 15 is 0 Å². The molecule has 1 saturated carbocycles. The minimum atomic E-state index is -1.66. The molecule has 6 aliphatic rings. The van der Waals surface area contributed by atoms with E-state index in [1.165, 1.54) is 73.7 Å². The minimum absolute atomic E-state index is 0.0762. The number of nitrogens with two attached hydrogens (primary N) is 2. The molecular weight excluding hydrogens is 1130 g/mol. The lowest BCUT2D eigenvalue weighted by Gasteiger charge is -2.55. The van der Waals surface area contributed by atoms with E-state index in [0.717, 1.165) is 40.6 Å². The number of halogens is 1. The van der Waals surface area contributed by atoms with Gasteiger partial charge in [0.05, 0.1) is 23.9 Å². The molecule has 8 heterocycles. The summed E-state index contributed by atoms with van der Waals surface area (Å²) in [6, 6.07) is 8.77. The fourth-order valence-electron chi connectivity index (χ4n) is 9.21. The smallest absolute Gasteiger partial charge is 0.404 e. The number of piperazine rings is 1. The molecule has 4 fully saturated rings. The Balaban J connectivity index is 0.000000160. The minimum Gasteiger partial charge on any atom is -0.477 e. The molecule has 32 heteroatoms. The summed E-state index contributed by atoms with van der Waals surface area (Å²) in [6.07, 6.45) is 2.61. The number of thioether (sulfide) groups is 2. The number of aromatic carboxylic acids is 1. The highest BCUT2D eigenvalue weighted by Crippen LogP contribution is 2.47. The summed E-state index contributed by atoms with van der Waals surface area (Å²) in [4.78, 5) is 129. The maximum atomic E-state index is 14.6.